The first kappa shape index (κ1) is 28.7. The summed E-state index contributed by atoms with van der Waals surface area (Å²) in [6.45, 7) is 3.53. The van der Waals surface area contributed by atoms with Crippen LogP contribution in [0.4, 0.5) is 0 Å². The maximum absolute atomic E-state index is 13.0. The quantitative estimate of drug-likeness (QED) is 0.162. The number of imide groups is 2. The van der Waals surface area contributed by atoms with Crippen LogP contribution in [0.5, 0.6) is 0 Å². The Morgan fingerprint density at radius 3 is 1.09 bits per heavy atom. The van der Waals surface area contributed by atoms with Crippen LogP contribution in [-0.4, -0.2) is 72.7 Å². The van der Waals surface area contributed by atoms with Gasteiger partial charge in [0, 0.05) is 59.2 Å². The average molecular weight is 577 g/mol. The molecule has 2 aliphatic rings. The Morgan fingerprint density at radius 2 is 0.744 bits per heavy atom. The molecule has 0 radical (unpaired) electrons. The summed E-state index contributed by atoms with van der Waals surface area (Å²) >= 11 is 0. The Bertz CT molecular complexity index is 1490. The van der Waals surface area contributed by atoms with Crippen molar-refractivity contribution in [2.45, 2.75) is 32.1 Å². The highest BCUT2D eigenvalue weighted by Crippen LogP contribution is 2.31. The van der Waals surface area contributed by atoms with E-state index >= 15 is 0 Å². The van der Waals surface area contributed by atoms with Gasteiger partial charge in [-0.05, 0) is 61.0 Å². The summed E-state index contributed by atoms with van der Waals surface area (Å²) in [5.74, 6) is -0.882. The highest BCUT2D eigenvalue weighted by atomic mass is 16.2. The smallest absolute Gasteiger partial charge is 0.261 e. The van der Waals surface area contributed by atoms with Crippen molar-refractivity contribution in [1.82, 2.24) is 20.4 Å². The Hall–Kier alpha value is -4.40. The largest absolute Gasteiger partial charge is 0.315 e. The Kier molecular flexibility index (Phi) is 8.58. The molecule has 2 aliphatic heterocycles. The second kappa shape index (κ2) is 12.9. The van der Waals surface area contributed by atoms with Crippen molar-refractivity contribution in [3.63, 3.8) is 0 Å². The molecule has 4 amide bonds. The van der Waals surface area contributed by atoms with Crippen molar-refractivity contribution in [1.29, 1.82) is 0 Å². The number of nitrogens with one attached hydrogen (secondary N) is 2. The zero-order valence-electron chi connectivity index (χ0n) is 24.2. The van der Waals surface area contributed by atoms with Crippen molar-refractivity contribution < 1.29 is 19.2 Å². The molecule has 0 aromatic heterocycles. The molecule has 0 atom stereocenters. The molecule has 0 saturated carbocycles. The molecule has 4 aromatic rings. The van der Waals surface area contributed by atoms with Crippen LogP contribution in [-0.2, 0) is 0 Å². The standard InChI is InChI=1S/C35H36N4O4/c40-32-26-14-6-10-24-11-7-15-27(30(24)26)33(41)38(32)22-20-36-18-4-2-1-3-5-19-37-21-23-39-34(42)28-16-8-12-25-13-9-17-29(31(25)28)35(39)43/h6-17,36-37H,1-5,18-23H2. The van der Waals surface area contributed by atoms with Crippen LogP contribution in [0.2, 0.25) is 0 Å². The lowest BCUT2D eigenvalue weighted by atomic mass is 9.94. The normalized spacial score (nSPS) is 14.4. The molecule has 220 valence electrons. The topological polar surface area (TPSA) is 98.8 Å². The molecule has 2 heterocycles. The van der Waals surface area contributed by atoms with Crippen molar-refractivity contribution in [3.8, 4) is 0 Å². The number of hydrogen-bond acceptors (Lipinski definition) is 6. The molecule has 43 heavy (non-hydrogen) atoms. The maximum atomic E-state index is 13.0. The number of nitrogens with zero attached hydrogens (tertiary/aromatic N) is 2. The minimum Gasteiger partial charge on any atom is -0.315 e. The SMILES string of the molecule is O=C1c2cccc3cccc(c23)C(=O)N1CCNCCCCCCCNCCN1C(=O)c2cccc3cccc(c23)C1=O. The second-order valence-corrected chi connectivity index (χ2v) is 11.2. The predicted molar refractivity (Wildman–Crippen MR) is 167 cm³/mol. The molecule has 4 aromatic carbocycles. The van der Waals surface area contributed by atoms with Crippen LogP contribution >= 0.6 is 0 Å². The van der Waals surface area contributed by atoms with Crippen LogP contribution in [0.25, 0.3) is 21.5 Å². The Morgan fingerprint density at radius 1 is 0.419 bits per heavy atom. The van der Waals surface area contributed by atoms with Crippen LogP contribution in [0.15, 0.2) is 72.8 Å². The summed E-state index contributed by atoms with van der Waals surface area (Å²) in [7, 11) is 0. The molecule has 0 saturated heterocycles. The van der Waals surface area contributed by atoms with Crippen LogP contribution in [0, 0.1) is 0 Å². The number of carbonyl (C=O) groups excluding carboxylic acids is 4. The first-order chi connectivity index (χ1) is 21.1. The number of carbonyl (C=O) groups is 4. The number of hydrogen-bond donors (Lipinski definition) is 2. The Balaban J connectivity index is 0.829. The number of unbranched alkanes of at least 4 members (excludes halogenated alkanes) is 4. The third kappa shape index (κ3) is 5.68. The van der Waals surface area contributed by atoms with E-state index in [9.17, 15) is 19.2 Å². The molecular weight excluding hydrogens is 540 g/mol. The van der Waals surface area contributed by atoms with Crippen molar-refractivity contribution in [2.75, 3.05) is 39.3 Å². The molecule has 0 bridgehead atoms. The fourth-order valence-corrected chi connectivity index (χ4v) is 6.23. The van der Waals surface area contributed by atoms with Crippen molar-refractivity contribution >= 4 is 45.2 Å². The van der Waals surface area contributed by atoms with E-state index in [1.54, 1.807) is 24.3 Å². The number of rotatable bonds is 14. The van der Waals surface area contributed by atoms with Gasteiger partial charge in [0.2, 0.25) is 0 Å². The van der Waals surface area contributed by atoms with Gasteiger partial charge in [0.1, 0.15) is 0 Å². The minimum atomic E-state index is -0.221. The third-order valence-electron chi connectivity index (χ3n) is 8.44. The summed E-state index contributed by atoms with van der Waals surface area (Å²) in [6.07, 6.45) is 5.39. The molecular formula is C35H36N4O4. The Labute approximate surface area is 251 Å². The van der Waals surface area contributed by atoms with E-state index in [4.69, 9.17) is 0 Å². The highest BCUT2D eigenvalue weighted by Gasteiger charge is 2.33. The zero-order chi connectivity index (χ0) is 29.8. The van der Waals surface area contributed by atoms with Gasteiger partial charge in [-0.25, -0.2) is 0 Å². The molecule has 0 aliphatic carbocycles. The predicted octanol–water partition coefficient (Wildman–Crippen LogP) is 5.01. The second-order valence-electron chi connectivity index (χ2n) is 11.2. The summed E-state index contributed by atoms with van der Waals surface area (Å²) in [5.41, 5.74) is 2.39. The van der Waals surface area contributed by atoms with Gasteiger partial charge in [-0.1, -0.05) is 67.8 Å². The van der Waals surface area contributed by atoms with E-state index in [0.29, 0.717) is 48.4 Å². The van der Waals surface area contributed by atoms with Gasteiger partial charge in [-0.3, -0.25) is 29.0 Å². The van der Waals surface area contributed by atoms with E-state index in [2.05, 4.69) is 10.6 Å². The van der Waals surface area contributed by atoms with E-state index in [-0.39, 0.29) is 23.6 Å². The molecule has 8 nitrogen and oxygen atoms in total. The molecule has 0 unspecified atom stereocenters. The average Bonchev–Trinajstić information content (AvgIpc) is 3.03. The lowest BCUT2D eigenvalue weighted by molar-refractivity contribution is 0.0596. The fourth-order valence-electron chi connectivity index (χ4n) is 6.23. The van der Waals surface area contributed by atoms with Crippen LogP contribution in [0.3, 0.4) is 0 Å². The van der Waals surface area contributed by atoms with E-state index in [0.717, 1.165) is 66.7 Å². The fraction of sp³-hybridized carbons (Fsp3) is 0.314. The van der Waals surface area contributed by atoms with Crippen LogP contribution in [0.1, 0.15) is 73.5 Å². The van der Waals surface area contributed by atoms with Gasteiger partial charge in [0.05, 0.1) is 0 Å². The summed E-state index contributed by atoms with van der Waals surface area (Å²) in [5, 5.41) is 10.1. The first-order valence-corrected chi connectivity index (χ1v) is 15.2. The minimum absolute atomic E-state index is 0.221. The van der Waals surface area contributed by atoms with Crippen LogP contribution < -0.4 is 10.6 Å². The summed E-state index contributed by atoms with van der Waals surface area (Å²) < 4.78 is 0. The molecule has 2 N–H and O–H groups in total. The summed E-state index contributed by atoms with van der Waals surface area (Å²) in [6, 6.07) is 22.4. The van der Waals surface area contributed by atoms with Crippen molar-refractivity contribution in [3.05, 3.63) is 95.1 Å². The lowest BCUT2D eigenvalue weighted by Gasteiger charge is -2.27. The molecule has 0 spiro atoms. The third-order valence-corrected chi connectivity index (χ3v) is 8.44. The monoisotopic (exact) mass is 576 g/mol. The van der Waals surface area contributed by atoms with Gasteiger partial charge in [0.15, 0.2) is 0 Å². The van der Waals surface area contributed by atoms with Gasteiger partial charge in [-0.2, -0.15) is 0 Å². The van der Waals surface area contributed by atoms with E-state index < -0.39 is 0 Å². The molecule has 6 rings (SSSR count). The number of amides is 4. The maximum Gasteiger partial charge on any atom is 0.261 e. The highest BCUT2D eigenvalue weighted by molar-refractivity contribution is 6.26. The lowest BCUT2D eigenvalue weighted by Crippen LogP contribution is -2.43. The van der Waals surface area contributed by atoms with E-state index in [1.807, 2.05) is 48.5 Å². The first-order valence-electron chi connectivity index (χ1n) is 15.2. The van der Waals surface area contributed by atoms with Gasteiger partial charge < -0.3 is 10.6 Å². The molecule has 8 heteroatoms. The van der Waals surface area contributed by atoms with Gasteiger partial charge >= 0.3 is 0 Å². The van der Waals surface area contributed by atoms with Crippen molar-refractivity contribution in [2.24, 2.45) is 0 Å². The number of benzene rings is 4. The van der Waals surface area contributed by atoms with Gasteiger partial charge in [0.25, 0.3) is 23.6 Å². The van der Waals surface area contributed by atoms with E-state index in [1.165, 1.54) is 9.80 Å². The summed E-state index contributed by atoms with van der Waals surface area (Å²) in [4.78, 5) is 54.6. The van der Waals surface area contributed by atoms with Gasteiger partial charge in [-0.15, -0.1) is 0 Å². The zero-order valence-corrected chi connectivity index (χ0v) is 24.2. The molecule has 0 fully saturated rings.